The van der Waals surface area contributed by atoms with Crippen molar-refractivity contribution in [3.63, 3.8) is 0 Å². The maximum absolute atomic E-state index is 8.86. The molecule has 0 aliphatic carbocycles. The Morgan fingerprint density at radius 3 is 2.50 bits per heavy atom. The van der Waals surface area contributed by atoms with Crippen molar-refractivity contribution in [1.82, 2.24) is 0 Å². The molecule has 0 aliphatic heterocycles. The van der Waals surface area contributed by atoms with E-state index in [2.05, 4.69) is 0 Å². The van der Waals surface area contributed by atoms with Gasteiger partial charge in [-0.1, -0.05) is 30.3 Å². The van der Waals surface area contributed by atoms with Crippen molar-refractivity contribution in [2.75, 3.05) is 7.11 Å². The molecule has 1 unspecified atom stereocenters. The Balaban J connectivity index is 2.75. The molecular weight excluding hydrogens is 222 g/mol. The van der Waals surface area contributed by atoms with Crippen LogP contribution in [-0.4, -0.2) is 7.11 Å². The van der Waals surface area contributed by atoms with Crippen molar-refractivity contribution in [3.05, 3.63) is 42.0 Å². The van der Waals surface area contributed by atoms with Gasteiger partial charge in [0.1, 0.15) is 11.1 Å². The molecule has 0 aliphatic rings. The van der Waals surface area contributed by atoms with Crippen LogP contribution < -0.4 is 4.74 Å². The number of methoxy groups -OCH3 is 1. The van der Waals surface area contributed by atoms with Gasteiger partial charge in [0.25, 0.3) is 0 Å². The van der Waals surface area contributed by atoms with Gasteiger partial charge < -0.3 is 4.74 Å². The van der Waals surface area contributed by atoms with Crippen LogP contribution in [0.3, 0.4) is 0 Å². The monoisotopic (exact) mass is 231 g/mol. The Kier molecular flexibility index (Phi) is 2.98. The molecule has 0 saturated heterocycles. The summed E-state index contributed by atoms with van der Waals surface area (Å²) in [7, 11) is 1.63. The first-order valence-corrected chi connectivity index (χ1v) is 5.31. The highest BCUT2D eigenvalue weighted by Gasteiger charge is 2.12. The van der Waals surface area contributed by atoms with Gasteiger partial charge in [-0.15, -0.1) is 11.6 Å². The Morgan fingerprint density at radius 1 is 1.19 bits per heavy atom. The third-order valence-electron chi connectivity index (χ3n) is 2.52. The minimum atomic E-state index is -0.629. The highest BCUT2D eigenvalue weighted by molar-refractivity contribution is 6.23. The van der Waals surface area contributed by atoms with E-state index in [-0.39, 0.29) is 0 Å². The van der Waals surface area contributed by atoms with Crippen LogP contribution >= 0.6 is 11.6 Å². The lowest BCUT2D eigenvalue weighted by Crippen LogP contribution is -1.91. The fraction of sp³-hybridized carbons (Fsp3) is 0.154. The molecule has 2 rings (SSSR count). The van der Waals surface area contributed by atoms with E-state index in [9.17, 15) is 0 Å². The fourth-order valence-electron chi connectivity index (χ4n) is 1.76. The van der Waals surface area contributed by atoms with Gasteiger partial charge in [-0.25, -0.2) is 0 Å². The summed E-state index contributed by atoms with van der Waals surface area (Å²) in [6.45, 7) is 0. The van der Waals surface area contributed by atoms with Crippen LogP contribution in [0.15, 0.2) is 36.4 Å². The summed E-state index contributed by atoms with van der Waals surface area (Å²) in [6, 6.07) is 13.5. The maximum Gasteiger partial charge on any atom is 0.146 e. The van der Waals surface area contributed by atoms with E-state index in [4.69, 9.17) is 21.6 Å². The average molecular weight is 232 g/mol. The minimum Gasteiger partial charge on any atom is -0.496 e. The summed E-state index contributed by atoms with van der Waals surface area (Å²) in [5.41, 5.74) is 0.820. The van der Waals surface area contributed by atoms with E-state index in [1.165, 1.54) is 0 Å². The van der Waals surface area contributed by atoms with E-state index in [0.717, 1.165) is 22.1 Å². The van der Waals surface area contributed by atoms with Crippen molar-refractivity contribution in [1.29, 1.82) is 5.26 Å². The van der Waals surface area contributed by atoms with Crippen molar-refractivity contribution in [3.8, 4) is 11.8 Å². The van der Waals surface area contributed by atoms with Gasteiger partial charge in [0.2, 0.25) is 0 Å². The first kappa shape index (κ1) is 10.8. The number of rotatable bonds is 2. The summed E-state index contributed by atoms with van der Waals surface area (Å²) in [4.78, 5) is 0. The smallest absolute Gasteiger partial charge is 0.146 e. The Bertz CT molecular complexity index is 559. The number of nitriles is 1. The number of ether oxygens (including phenoxy) is 1. The highest BCUT2D eigenvalue weighted by Crippen LogP contribution is 2.33. The molecule has 0 aromatic heterocycles. The zero-order valence-electron chi connectivity index (χ0n) is 8.77. The van der Waals surface area contributed by atoms with Crippen LogP contribution in [0.5, 0.6) is 5.75 Å². The van der Waals surface area contributed by atoms with Gasteiger partial charge >= 0.3 is 0 Å². The Hall–Kier alpha value is -1.72. The molecule has 80 valence electrons. The normalized spacial score (nSPS) is 12.1. The quantitative estimate of drug-likeness (QED) is 0.739. The molecule has 0 saturated carbocycles. The van der Waals surface area contributed by atoms with Crippen molar-refractivity contribution in [2.24, 2.45) is 0 Å². The predicted octanol–water partition coefficient (Wildman–Crippen LogP) is 3.65. The first-order valence-electron chi connectivity index (χ1n) is 4.87. The Labute approximate surface area is 99.0 Å². The lowest BCUT2D eigenvalue weighted by atomic mass is 10.0. The van der Waals surface area contributed by atoms with E-state index >= 15 is 0 Å². The van der Waals surface area contributed by atoms with Gasteiger partial charge in [0.15, 0.2) is 0 Å². The summed E-state index contributed by atoms with van der Waals surface area (Å²) < 4.78 is 5.27. The van der Waals surface area contributed by atoms with Gasteiger partial charge in [-0.2, -0.15) is 5.26 Å². The van der Waals surface area contributed by atoms with E-state index in [1.807, 2.05) is 42.5 Å². The van der Waals surface area contributed by atoms with Gasteiger partial charge in [0.05, 0.1) is 13.2 Å². The number of fused-ring (bicyclic) bond motifs is 1. The van der Waals surface area contributed by atoms with Crippen LogP contribution in [0.2, 0.25) is 0 Å². The lowest BCUT2D eigenvalue weighted by molar-refractivity contribution is 0.419. The number of hydrogen-bond donors (Lipinski definition) is 0. The molecule has 16 heavy (non-hydrogen) atoms. The number of nitrogens with zero attached hydrogens (tertiary/aromatic N) is 1. The molecule has 2 aromatic rings. The molecule has 0 fully saturated rings. The number of halogens is 1. The third kappa shape index (κ3) is 1.70. The molecule has 0 heterocycles. The molecule has 2 aromatic carbocycles. The topological polar surface area (TPSA) is 33.0 Å². The molecule has 0 radical (unpaired) electrons. The molecular formula is C13H10ClNO. The SMILES string of the molecule is COc1ccc(C(Cl)C#N)c2ccccc12. The van der Waals surface area contributed by atoms with Crippen LogP contribution in [0, 0.1) is 11.3 Å². The summed E-state index contributed by atoms with van der Waals surface area (Å²) >= 11 is 5.96. The van der Waals surface area contributed by atoms with Crippen molar-refractivity contribution in [2.45, 2.75) is 5.38 Å². The number of hydrogen-bond acceptors (Lipinski definition) is 2. The minimum absolute atomic E-state index is 0.629. The van der Waals surface area contributed by atoms with Crippen LogP contribution in [0.4, 0.5) is 0 Å². The lowest BCUT2D eigenvalue weighted by Gasteiger charge is -2.10. The zero-order valence-corrected chi connectivity index (χ0v) is 9.53. The van der Waals surface area contributed by atoms with Crippen LogP contribution in [0.25, 0.3) is 10.8 Å². The van der Waals surface area contributed by atoms with Gasteiger partial charge in [-0.05, 0) is 17.0 Å². The third-order valence-corrected chi connectivity index (χ3v) is 2.86. The van der Waals surface area contributed by atoms with E-state index in [0.29, 0.717) is 0 Å². The van der Waals surface area contributed by atoms with E-state index in [1.54, 1.807) is 7.11 Å². The Morgan fingerprint density at radius 2 is 1.88 bits per heavy atom. The number of alkyl halides is 1. The molecule has 1 atom stereocenters. The standard InChI is InChI=1S/C13H10ClNO/c1-16-13-7-6-10(12(14)8-15)9-4-2-3-5-11(9)13/h2-7,12H,1H3. The predicted molar refractivity (Wildman–Crippen MR) is 64.7 cm³/mol. The molecule has 0 bridgehead atoms. The van der Waals surface area contributed by atoms with Crippen LogP contribution in [-0.2, 0) is 0 Å². The molecule has 0 amide bonds. The van der Waals surface area contributed by atoms with Crippen molar-refractivity contribution >= 4 is 22.4 Å². The second-order valence-corrected chi connectivity index (χ2v) is 3.83. The summed E-state index contributed by atoms with van der Waals surface area (Å²) in [6.07, 6.45) is 0. The van der Waals surface area contributed by atoms with Crippen molar-refractivity contribution < 1.29 is 4.74 Å². The summed E-state index contributed by atoms with van der Waals surface area (Å²) in [5.74, 6) is 0.793. The first-order chi connectivity index (χ1) is 7.77. The van der Waals surface area contributed by atoms with Crippen LogP contribution in [0.1, 0.15) is 10.9 Å². The highest BCUT2D eigenvalue weighted by atomic mass is 35.5. The second-order valence-electron chi connectivity index (χ2n) is 3.39. The van der Waals surface area contributed by atoms with E-state index < -0.39 is 5.38 Å². The van der Waals surface area contributed by atoms with Gasteiger partial charge in [-0.3, -0.25) is 0 Å². The van der Waals surface area contributed by atoms with Gasteiger partial charge in [0, 0.05) is 5.39 Å². The fourth-order valence-corrected chi connectivity index (χ4v) is 1.95. The molecule has 0 N–H and O–H groups in total. The second kappa shape index (κ2) is 4.42. The average Bonchev–Trinajstić information content (AvgIpc) is 2.36. The number of benzene rings is 2. The molecule has 2 nitrogen and oxygen atoms in total. The molecule has 3 heteroatoms. The summed E-state index contributed by atoms with van der Waals surface area (Å²) in [5, 5.41) is 10.2. The molecule has 0 spiro atoms. The maximum atomic E-state index is 8.86. The largest absolute Gasteiger partial charge is 0.496 e. The zero-order chi connectivity index (χ0) is 11.5.